The smallest absolute Gasteiger partial charge is 0.212 e. The SMILES string of the molecule is CCCc1ccc(Oc2cc(-c3cc(F)c(CF)c(F)c3)cc(Oc3ccc(CCC)cc3)c2Oc2cccc(CCC)c2)cc1. The molecule has 46 heavy (non-hydrogen) atoms. The first kappa shape index (κ1) is 32.7. The fourth-order valence-electron chi connectivity index (χ4n) is 5.34. The van der Waals surface area contributed by atoms with E-state index in [1.54, 1.807) is 12.1 Å². The van der Waals surface area contributed by atoms with Crippen LogP contribution in [0.3, 0.4) is 0 Å². The van der Waals surface area contributed by atoms with Crippen molar-refractivity contribution in [2.24, 2.45) is 0 Å². The van der Waals surface area contributed by atoms with E-state index in [1.807, 2.05) is 72.8 Å². The third-order valence-electron chi connectivity index (χ3n) is 7.67. The van der Waals surface area contributed by atoms with Crippen molar-refractivity contribution in [3.05, 3.63) is 131 Å². The van der Waals surface area contributed by atoms with Crippen LogP contribution in [0.4, 0.5) is 13.2 Å². The van der Waals surface area contributed by atoms with Crippen LogP contribution in [0.2, 0.25) is 0 Å². The second-order valence-corrected chi connectivity index (χ2v) is 11.3. The second kappa shape index (κ2) is 15.5. The van der Waals surface area contributed by atoms with Crippen LogP contribution in [-0.2, 0) is 25.9 Å². The molecular formula is C40H39F3O3. The Morgan fingerprint density at radius 3 is 1.46 bits per heavy atom. The molecular weight excluding hydrogens is 585 g/mol. The lowest BCUT2D eigenvalue weighted by atomic mass is 10.0. The second-order valence-electron chi connectivity index (χ2n) is 11.3. The molecule has 0 aromatic heterocycles. The van der Waals surface area contributed by atoms with E-state index in [0.717, 1.165) is 56.2 Å². The van der Waals surface area contributed by atoms with Crippen LogP contribution in [0.5, 0.6) is 34.5 Å². The number of benzene rings is 5. The monoisotopic (exact) mass is 624 g/mol. The highest BCUT2D eigenvalue weighted by molar-refractivity contribution is 5.72. The van der Waals surface area contributed by atoms with E-state index in [-0.39, 0.29) is 17.1 Å². The third-order valence-corrected chi connectivity index (χ3v) is 7.67. The van der Waals surface area contributed by atoms with Gasteiger partial charge >= 0.3 is 0 Å². The number of aryl methyl sites for hydroxylation is 3. The highest BCUT2D eigenvalue weighted by Crippen LogP contribution is 2.47. The summed E-state index contributed by atoms with van der Waals surface area (Å²) in [5.74, 6) is 0.651. The van der Waals surface area contributed by atoms with Crippen molar-refractivity contribution in [1.82, 2.24) is 0 Å². The summed E-state index contributed by atoms with van der Waals surface area (Å²) in [6, 6.07) is 28.9. The van der Waals surface area contributed by atoms with Crippen LogP contribution in [0.25, 0.3) is 11.1 Å². The average molecular weight is 625 g/mol. The summed E-state index contributed by atoms with van der Waals surface area (Å²) in [6.07, 6.45) is 5.80. The lowest BCUT2D eigenvalue weighted by Crippen LogP contribution is -1.98. The molecule has 0 aliphatic heterocycles. The number of hydrogen-bond donors (Lipinski definition) is 0. The Morgan fingerprint density at radius 2 is 0.978 bits per heavy atom. The summed E-state index contributed by atoms with van der Waals surface area (Å²) in [7, 11) is 0. The standard InChI is InChI=1S/C40H39F3O3/c1-4-8-27-13-17-32(18-14-27)44-38-24-31(30-22-36(42)35(26-41)37(43)23-30)25-39(45-33-19-15-28(9-5-2)16-20-33)40(38)46-34-12-7-11-29(21-34)10-6-3/h7,11-25H,4-6,8-10,26H2,1-3H3. The molecule has 0 aliphatic rings. The highest BCUT2D eigenvalue weighted by atomic mass is 19.1. The molecule has 0 heterocycles. The van der Waals surface area contributed by atoms with Gasteiger partial charge in [0.1, 0.15) is 35.6 Å². The van der Waals surface area contributed by atoms with Crippen molar-refractivity contribution in [3.63, 3.8) is 0 Å². The first-order chi connectivity index (χ1) is 22.4. The molecule has 0 saturated heterocycles. The molecule has 0 saturated carbocycles. The first-order valence-electron chi connectivity index (χ1n) is 15.9. The lowest BCUT2D eigenvalue weighted by Gasteiger charge is -2.19. The van der Waals surface area contributed by atoms with E-state index in [2.05, 4.69) is 20.8 Å². The van der Waals surface area contributed by atoms with Crippen LogP contribution in [-0.4, -0.2) is 0 Å². The van der Waals surface area contributed by atoms with Gasteiger partial charge in [-0.05, 0) is 108 Å². The van der Waals surface area contributed by atoms with Gasteiger partial charge in [0.05, 0.1) is 5.56 Å². The van der Waals surface area contributed by atoms with E-state index < -0.39 is 23.9 Å². The maximum Gasteiger partial charge on any atom is 0.212 e. The third kappa shape index (κ3) is 8.11. The molecule has 238 valence electrons. The minimum atomic E-state index is -1.24. The summed E-state index contributed by atoms with van der Waals surface area (Å²) in [5.41, 5.74) is 3.49. The number of rotatable bonds is 14. The van der Waals surface area contributed by atoms with Crippen LogP contribution >= 0.6 is 0 Å². The lowest BCUT2D eigenvalue weighted by molar-refractivity contribution is 0.386. The molecule has 0 aliphatic carbocycles. The molecule has 0 spiro atoms. The van der Waals surface area contributed by atoms with E-state index in [0.29, 0.717) is 28.6 Å². The van der Waals surface area contributed by atoms with Gasteiger partial charge in [0.2, 0.25) is 5.75 Å². The van der Waals surface area contributed by atoms with Crippen molar-refractivity contribution in [2.75, 3.05) is 0 Å². The predicted octanol–water partition coefficient (Wildman–Crippen LogP) is 12.3. The summed E-state index contributed by atoms with van der Waals surface area (Å²) in [5, 5.41) is 0. The molecule has 5 rings (SSSR count). The maximum absolute atomic E-state index is 14.8. The van der Waals surface area contributed by atoms with Gasteiger partial charge in [-0.15, -0.1) is 0 Å². The Balaban J connectivity index is 1.66. The van der Waals surface area contributed by atoms with Crippen molar-refractivity contribution in [1.29, 1.82) is 0 Å². The molecule has 0 amide bonds. The molecule has 0 atom stereocenters. The Kier molecular flexibility index (Phi) is 11.0. The maximum atomic E-state index is 14.8. The summed E-state index contributed by atoms with van der Waals surface area (Å²) in [6.45, 7) is 5.12. The van der Waals surface area contributed by atoms with Gasteiger partial charge in [0.25, 0.3) is 0 Å². The zero-order valence-electron chi connectivity index (χ0n) is 26.5. The quantitative estimate of drug-likeness (QED) is 0.123. The van der Waals surface area contributed by atoms with Gasteiger partial charge in [0, 0.05) is 0 Å². The molecule has 0 radical (unpaired) electrons. The van der Waals surface area contributed by atoms with Gasteiger partial charge in [-0.3, -0.25) is 0 Å². The normalized spacial score (nSPS) is 11.0. The van der Waals surface area contributed by atoms with Crippen molar-refractivity contribution in [3.8, 4) is 45.6 Å². The fraction of sp³-hybridized carbons (Fsp3) is 0.250. The van der Waals surface area contributed by atoms with Crippen molar-refractivity contribution < 1.29 is 27.4 Å². The van der Waals surface area contributed by atoms with Crippen molar-refractivity contribution >= 4 is 0 Å². The number of ether oxygens (including phenoxy) is 3. The van der Waals surface area contributed by atoms with Crippen LogP contribution in [0.1, 0.15) is 62.3 Å². The van der Waals surface area contributed by atoms with E-state index >= 15 is 0 Å². The minimum Gasteiger partial charge on any atom is -0.453 e. The highest BCUT2D eigenvalue weighted by Gasteiger charge is 2.21. The Morgan fingerprint density at radius 1 is 0.500 bits per heavy atom. The molecule has 0 unspecified atom stereocenters. The Bertz CT molecular complexity index is 1650. The zero-order valence-corrected chi connectivity index (χ0v) is 26.5. The molecule has 0 bridgehead atoms. The molecule has 0 fully saturated rings. The topological polar surface area (TPSA) is 27.7 Å². The summed E-state index contributed by atoms with van der Waals surface area (Å²) in [4.78, 5) is 0. The molecule has 5 aromatic carbocycles. The largest absolute Gasteiger partial charge is 0.453 e. The minimum absolute atomic E-state index is 0.204. The van der Waals surface area contributed by atoms with Crippen LogP contribution in [0.15, 0.2) is 97.1 Å². The number of alkyl halides is 1. The van der Waals surface area contributed by atoms with E-state index in [9.17, 15) is 13.2 Å². The van der Waals surface area contributed by atoms with Crippen LogP contribution in [0, 0.1) is 11.6 Å². The molecule has 5 aromatic rings. The zero-order chi connectivity index (χ0) is 32.5. The summed E-state index contributed by atoms with van der Waals surface area (Å²) < 4.78 is 62.3. The molecule has 0 N–H and O–H groups in total. The number of hydrogen-bond acceptors (Lipinski definition) is 3. The predicted molar refractivity (Wildman–Crippen MR) is 178 cm³/mol. The Labute approximate surface area is 269 Å². The first-order valence-corrected chi connectivity index (χ1v) is 15.9. The molecule has 6 heteroatoms. The van der Waals surface area contributed by atoms with Gasteiger partial charge in [-0.1, -0.05) is 76.4 Å². The van der Waals surface area contributed by atoms with Gasteiger partial charge in [-0.25, -0.2) is 13.2 Å². The van der Waals surface area contributed by atoms with E-state index in [1.165, 1.54) is 11.1 Å². The molecule has 3 nitrogen and oxygen atoms in total. The van der Waals surface area contributed by atoms with Crippen molar-refractivity contribution in [2.45, 2.75) is 66.0 Å². The van der Waals surface area contributed by atoms with E-state index in [4.69, 9.17) is 14.2 Å². The van der Waals surface area contributed by atoms with Gasteiger partial charge in [0.15, 0.2) is 11.5 Å². The average Bonchev–Trinajstić information content (AvgIpc) is 3.05. The Hall–Kier alpha value is -4.71. The van der Waals surface area contributed by atoms with Crippen LogP contribution < -0.4 is 14.2 Å². The van der Waals surface area contributed by atoms with Gasteiger partial charge in [-0.2, -0.15) is 0 Å². The fourth-order valence-corrected chi connectivity index (χ4v) is 5.34. The van der Waals surface area contributed by atoms with Gasteiger partial charge < -0.3 is 14.2 Å². The number of halogens is 3. The summed E-state index contributed by atoms with van der Waals surface area (Å²) >= 11 is 0.